The maximum Gasteiger partial charge on any atom is 0.436 e. The van der Waals surface area contributed by atoms with Gasteiger partial charge in [-0.05, 0) is 18.1 Å². The Balaban J connectivity index is 2.03. The highest BCUT2D eigenvalue weighted by molar-refractivity contribution is 6.35. The Kier molecular flexibility index (Phi) is 3.40. The minimum absolute atomic E-state index is 0.259. The molecule has 1 aliphatic heterocycles. The molecule has 8 heteroatoms. The van der Waals surface area contributed by atoms with E-state index >= 15 is 0 Å². The topological polar surface area (TPSA) is 38.1 Å². The first kappa shape index (κ1) is 14.9. The fourth-order valence-corrected chi connectivity index (χ4v) is 2.94. The summed E-state index contributed by atoms with van der Waals surface area (Å²) in [6.07, 6.45) is -4.04. The number of benzene rings is 1. The van der Waals surface area contributed by atoms with E-state index in [-0.39, 0.29) is 5.69 Å². The lowest BCUT2D eigenvalue weighted by molar-refractivity contribution is -0.141. The molecule has 0 atom stereocenters. The van der Waals surface area contributed by atoms with Crippen LogP contribution in [0.2, 0.25) is 5.02 Å². The molecule has 116 valence electrons. The molecule has 2 aromatic rings. The second-order valence-electron chi connectivity index (χ2n) is 4.97. The quantitative estimate of drug-likeness (QED) is 0.805. The average molecular weight is 330 g/mol. The molecular weight excluding hydrogens is 319 g/mol. The van der Waals surface area contributed by atoms with Crippen molar-refractivity contribution >= 4 is 23.2 Å². The smallest absolute Gasteiger partial charge is 0.306 e. The number of hydrogen-bond acceptors (Lipinski definition) is 2. The van der Waals surface area contributed by atoms with Gasteiger partial charge in [-0.1, -0.05) is 29.8 Å². The number of nitrogens with zero attached hydrogens (tertiary/aromatic N) is 3. The van der Waals surface area contributed by atoms with E-state index < -0.39 is 22.8 Å². The van der Waals surface area contributed by atoms with Gasteiger partial charge < -0.3 is 4.90 Å². The number of amides is 1. The minimum atomic E-state index is -4.70. The van der Waals surface area contributed by atoms with Crippen LogP contribution in [0.3, 0.4) is 0 Å². The normalized spacial score (nSPS) is 14.3. The van der Waals surface area contributed by atoms with Crippen LogP contribution in [0.15, 0.2) is 24.3 Å². The van der Waals surface area contributed by atoms with Crippen LogP contribution in [-0.4, -0.2) is 22.2 Å². The molecule has 3 rings (SSSR count). The third-order valence-electron chi connectivity index (χ3n) is 3.59. The number of alkyl halides is 3. The Labute approximate surface area is 129 Å². The predicted molar refractivity (Wildman–Crippen MR) is 75.0 cm³/mol. The first-order valence-electron chi connectivity index (χ1n) is 6.50. The standard InChI is InChI=1S/C14H11ClF3N3O/c1-20-11(10(15)12(19-20)14(16,17)18)13(22)21-7-6-8-4-2-3-5-9(8)21/h2-5H,6-7H2,1H3. The van der Waals surface area contributed by atoms with E-state index in [0.29, 0.717) is 18.7 Å². The fraction of sp³-hybridized carbons (Fsp3) is 0.286. The van der Waals surface area contributed by atoms with Gasteiger partial charge in [-0.15, -0.1) is 0 Å². The van der Waals surface area contributed by atoms with Crippen molar-refractivity contribution in [2.24, 2.45) is 7.05 Å². The molecule has 1 amide bonds. The van der Waals surface area contributed by atoms with Gasteiger partial charge in [-0.25, -0.2) is 0 Å². The highest BCUT2D eigenvalue weighted by atomic mass is 35.5. The second kappa shape index (κ2) is 5.01. The molecule has 0 fully saturated rings. The largest absolute Gasteiger partial charge is 0.436 e. The van der Waals surface area contributed by atoms with Crippen LogP contribution >= 0.6 is 11.6 Å². The molecule has 0 saturated heterocycles. The molecule has 0 radical (unpaired) electrons. The van der Waals surface area contributed by atoms with Gasteiger partial charge in [0.15, 0.2) is 5.69 Å². The Morgan fingerprint density at radius 1 is 1.32 bits per heavy atom. The van der Waals surface area contributed by atoms with Gasteiger partial charge in [0.2, 0.25) is 0 Å². The Morgan fingerprint density at radius 2 is 2.00 bits per heavy atom. The van der Waals surface area contributed by atoms with Crippen LogP contribution in [0, 0.1) is 0 Å². The molecule has 2 heterocycles. The lowest BCUT2D eigenvalue weighted by Gasteiger charge is -2.17. The molecule has 22 heavy (non-hydrogen) atoms. The minimum Gasteiger partial charge on any atom is -0.306 e. The van der Waals surface area contributed by atoms with Gasteiger partial charge >= 0.3 is 6.18 Å². The molecule has 0 N–H and O–H groups in total. The zero-order chi connectivity index (χ0) is 16.1. The highest BCUT2D eigenvalue weighted by Crippen LogP contribution is 2.37. The van der Waals surface area contributed by atoms with Gasteiger partial charge in [0.05, 0.1) is 0 Å². The predicted octanol–water partition coefficient (Wildman–Crippen LogP) is 3.30. The summed E-state index contributed by atoms with van der Waals surface area (Å²) in [5.74, 6) is -0.583. The lowest BCUT2D eigenvalue weighted by atomic mass is 10.2. The van der Waals surface area contributed by atoms with Crippen molar-refractivity contribution in [1.29, 1.82) is 0 Å². The van der Waals surface area contributed by atoms with E-state index in [9.17, 15) is 18.0 Å². The summed E-state index contributed by atoms with van der Waals surface area (Å²) in [6.45, 7) is 0.404. The molecule has 1 aromatic carbocycles. The number of fused-ring (bicyclic) bond motifs is 1. The van der Waals surface area contributed by atoms with Crippen LogP contribution in [0.25, 0.3) is 0 Å². The molecule has 0 unspecified atom stereocenters. The van der Waals surface area contributed by atoms with Crippen LogP contribution in [0.4, 0.5) is 18.9 Å². The van der Waals surface area contributed by atoms with Crippen molar-refractivity contribution in [3.05, 3.63) is 46.2 Å². The fourth-order valence-electron chi connectivity index (χ4n) is 2.59. The molecule has 0 aliphatic carbocycles. The second-order valence-corrected chi connectivity index (χ2v) is 5.35. The maximum atomic E-state index is 12.8. The number of halogens is 4. The molecule has 0 bridgehead atoms. The summed E-state index contributed by atoms with van der Waals surface area (Å²) in [6, 6.07) is 7.27. The number of carbonyl (C=O) groups is 1. The highest BCUT2D eigenvalue weighted by Gasteiger charge is 2.41. The summed E-state index contributed by atoms with van der Waals surface area (Å²) in [7, 11) is 1.27. The first-order chi connectivity index (χ1) is 10.3. The van der Waals surface area contributed by atoms with E-state index in [1.54, 1.807) is 12.1 Å². The molecule has 0 saturated carbocycles. The monoisotopic (exact) mass is 329 g/mol. The molecule has 1 aliphatic rings. The number of carbonyl (C=O) groups excluding carboxylic acids is 1. The number of anilines is 1. The molecule has 4 nitrogen and oxygen atoms in total. The van der Waals surface area contributed by atoms with Gasteiger partial charge in [-0.3, -0.25) is 9.48 Å². The van der Waals surface area contributed by atoms with E-state index in [0.717, 1.165) is 10.2 Å². The van der Waals surface area contributed by atoms with E-state index in [4.69, 9.17) is 11.6 Å². The Hall–Kier alpha value is -2.02. The number of aryl methyl sites for hydroxylation is 1. The van der Waals surface area contributed by atoms with Crippen molar-refractivity contribution in [3.8, 4) is 0 Å². The Morgan fingerprint density at radius 3 is 2.64 bits per heavy atom. The molecule has 0 spiro atoms. The number of rotatable bonds is 1. The van der Waals surface area contributed by atoms with Crippen molar-refractivity contribution < 1.29 is 18.0 Å². The van der Waals surface area contributed by atoms with Crippen molar-refractivity contribution in [2.75, 3.05) is 11.4 Å². The summed E-state index contributed by atoms with van der Waals surface area (Å²) in [5.41, 5.74) is 0.168. The summed E-state index contributed by atoms with van der Waals surface area (Å²) >= 11 is 5.76. The van der Waals surface area contributed by atoms with Crippen LogP contribution in [0.5, 0.6) is 0 Å². The van der Waals surface area contributed by atoms with Gasteiger partial charge in [-0.2, -0.15) is 18.3 Å². The summed E-state index contributed by atoms with van der Waals surface area (Å²) in [4.78, 5) is 14.0. The van der Waals surface area contributed by atoms with Crippen LogP contribution in [-0.2, 0) is 19.6 Å². The maximum absolute atomic E-state index is 12.8. The zero-order valence-corrected chi connectivity index (χ0v) is 12.2. The molecular formula is C14H11ClF3N3O. The number of para-hydroxylation sites is 1. The number of hydrogen-bond donors (Lipinski definition) is 0. The van der Waals surface area contributed by atoms with Gasteiger partial charge in [0, 0.05) is 19.3 Å². The van der Waals surface area contributed by atoms with E-state index in [2.05, 4.69) is 5.10 Å². The number of aromatic nitrogens is 2. The lowest BCUT2D eigenvalue weighted by Crippen LogP contribution is -2.30. The third-order valence-corrected chi connectivity index (χ3v) is 3.95. The average Bonchev–Trinajstić information content (AvgIpc) is 2.99. The summed E-state index contributed by atoms with van der Waals surface area (Å²) in [5, 5.41) is 2.68. The SMILES string of the molecule is Cn1nc(C(F)(F)F)c(Cl)c1C(=O)N1CCc2ccccc21. The Bertz CT molecular complexity index is 754. The van der Waals surface area contributed by atoms with Crippen molar-refractivity contribution in [3.63, 3.8) is 0 Å². The third kappa shape index (κ3) is 2.25. The van der Waals surface area contributed by atoms with Crippen molar-refractivity contribution in [1.82, 2.24) is 9.78 Å². The van der Waals surface area contributed by atoms with Crippen LogP contribution < -0.4 is 4.90 Å². The van der Waals surface area contributed by atoms with Gasteiger partial charge in [0.25, 0.3) is 5.91 Å². The zero-order valence-electron chi connectivity index (χ0n) is 11.5. The van der Waals surface area contributed by atoms with Gasteiger partial charge in [0.1, 0.15) is 10.7 Å². The molecule has 1 aromatic heterocycles. The van der Waals surface area contributed by atoms with Crippen molar-refractivity contribution in [2.45, 2.75) is 12.6 Å². The first-order valence-corrected chi connectivity index (χ1v) is 6.88. The van der Waals surface area contributed by atoms with E-state index in [1.165, 1.54) is 11.9 Å². The summed E-state index contributed by atoms with van der Waals surface area (Å²) < 4.78 is 39.4. The van der Waals surface area contributed by atoms with Crippen LogP contribution in [0.1, 0.15) is 21.7 Å². The van der Waals surface area contributed by atoms with E-state index in [1.807, 2.05) is 12.1 Å².